The molecule has 1 saturated heterocycles. The number of anilines is 2. The Kier molecular flexibility index (Phi) is 4.82. The minimum Gasteiger partial charge on any atom is -0.368 e. The first-order valence-electron chi connectivity index (χ1n) is 8.41. The number of rotatable bonds is 4. The second-order valence-electron chi connectivity index (χ2n) is 6.65. The van der Waals surface area contributed by atoms with Crippen molar-refractivity contribution in [3.05, 3.63) is 23.1 Å². The van der Waals surface area contributed by atoms with Crippen LogP contribution in [0.5, 0.6) is 0 Å². The molecule has 1 fully saturated rings. The Bertz CT molecular complexity index is 751. The predicted octanol–water partition coefficient (Wildman–Crippen LogP) is 0.911. The van der Waals surface area contributed by atoms with Crippen molar-refractivity contribution in [1.82, 2.24) is 25.2 Å². The highest BCUT2D eigenvalue weighted by Gasteiger charge is 2.26. The van der Waals surface area contributed by atoms with Crippen LogP contribution in [-0.4, -0.2) is 57.3 Å². The zero-order valence-corrected chi connectivity index (χ0v) is 14.8. The fourth-order valence-corrected chi connectivity index (χ4v) is 2.95. The van der Waals surface area contributed by atoms with Crippen LogP contribution in [-0.2, 0) is 6.42 Å². The molecular formula is C16H23N7O2. The monoisotopic (exact) mass is 345 g/mol. The average Bonchev–Trinajstić information content (AvgIpc) is 2.99. The summed E-state index contributed by atoms with van der Waals surface area (Å²) in [7, 11) is 0. The Morgan fingerprint density at radius 1 is 1.24 bits per heavy atom. The number of piperazine rings is 1. The number of carbonyl (C=O) groups is 1. The molecule has 134 valence electrons. The summed E-state index contributed by atoms with van der Waals surface area (Å²) in [5.41, 5.74) is 7.69. The van der Waals surface area contributed by atoms with E-state index in [4.69, 9.17) is 10.4 Å². The van der Waals surface area contributed by atoms with E-state index in [1.807, 2.05) is 6.92 Å². The van der Waals surface area contributed by atoms with Gasteiger partial charge in [-0.1, -0.05) is 19.0 Å². The van der Waals surface area contributed by atoms with E-state index in [9.17, 15) is 4.79 Å². The highest BCUT2D eigenvalue weighted by molar-refractivity contribution is 5.92. The largest absolute Gasteiger partial charge is 0.368 e. The average molecular weight is 345 g/mol. The second-order valence-corrected chi connectivity index (χ2v) is 6.65. The lowest BCUT2D eigenvalue weighted by Crippen LogP contribution is -2.49. The fraction of sp³-hybridized carbons (Fsp3) is 0.562. The maximum atomic E-state index is 12.8. The van der Waals surface area contributed by atoms with Gasteiger partial charge in [0.05, 0.1) is 0 Å². The van der Waals surface area contributed by atoms with Crippen molar-refractivity contribution >= 4 is 17.7 Å². The van der Waals surface area contributed by atoms with Crippen LogP contribution in [0.4, 0.5) is 11.8 Å². The highest BCUT2D eigenvalue weighted by atomic mass is 16.6. The van der Waals surface area contributed by atoms with Crippen LogP contribution in [0, 0.1) is 12.8 Å². The molecule has 0 bridgehead atoms. The van der Waals surface area contributed by atoms with E-state index in [0.29, 0.717) is 37.8 Å². The number of aromatic nitrogens is 4. The maximum Gasteiger partial charge on any atom is 0.272 e. The number of nitrogen functional groups attached to an aromatic ring is 1. The van der Waals surface area contributed by atoms with Crippen molar-refractivity contribution in [2.24, 2.45) is 5.92 Å². The third-order valence-corrected chi connectivity index (χ3v) is 4.13. The molecule has 0 aromatic carbocycles. The van der Waals surface area contributed by atoms with Crippen LogP contribution in [0.1, 0.15) is 35.7 Å². The topological polar surface area (TPSA) is 114 Å². The summed E-state index contributed by atoms with van der Waals surface area (Å²) in [6, 6.07) is 1.75. The normalized spacial score (nSPS) is 15.0. The number of nitrogens with two attached hydrogens (primary N) is 1. The Labute approximate surface area is 146 Å². The molecule has 0 radical (unpaired) electrons. The Morgan fingerprint density at radius 2 is 1.96 bits per heavy atom. The first-order chi connectivity index (χ1) is 11.9. The van der Waals surface area contributed by atoms with Crippen LogP contribution >= 0.6 is 0 Å². The van der Waals surface area contributed by atoms with Gasteiger partial charge in [0.2, 0.25) is 5.95 Å². The second kappa shape index (κ2) is 7.04. The number of hydrogen-bond acceptors (Lipinski definition) is 8. The summed E-state index contributed by atoms with van der Waals surface area (Å²) in [5, 5.41) is 7.71. The summed E-state index contributed by atoms with van der Waals surface area (Å²) < 4.78 is 4.75. The smallest absolute Gasteiger partial charge is 0.272 e. The van der Waals surface area contributed by atoms with Gasteiger partial charge in [0.25, 0.3) is 5.91 Å². The lowest BCUT2D eigenvalue weighted by molar-refractivity contribution is 0.0740. The number of nitrogens with zero attached hydrogens (tertiary/aromatic N) is 6. The molecule has 0 atom stereocenters. The number of aryl methyl sites for hydroxylation is 1. The van der Waals surface area contributed by atoms with Crippen molar-refractivity contribution in [3.8, 4) is 0 Å². The summed E-state index contributed by atoms with van der Waals surface area (Å²) >= 11 is 0. The van der Waals surface area contributed by atoms with Gasteiger partial charge < -0.3 is 15.5 Å². The molecule has 0 aliphatic carbocycles. The van der Waals surface area contributed by atoms with E-state index in [-0.39, 0.29) is 11.9 Å². The molecule has 25 heavy (non-hydrogen) atoms. The van der Waals surface area contributed by atoms with Crippen molar-refractivity contribution in [1.29, 1.82) is 0 Å². The standard InChI is InChI=1S/C16H23N7O2/c1-10(2)8-12-9-13(19-16(17)18-12)15(24)23-6-4-22(5-7-23)14-11(3)20-25-21-14/h9-10H,4-8H2,1-3H3,(H2,17,18,19). The molecule has 1 amide bonds. The van der Waals surface area contributed by atoms with Gasteiger partial charge in [-0.3, -0.25) is 4.79 Å². The summed E-state index contributed by atoms with van der Waals surface area (Å²) in [6.07, 6.45) is 0.763. The summed E-state index contributed by atoms with van der Waals surface area (Å²) in [5.74, 6) is 1.19. The number of hydrogen-bond donors (Lipinski definition) is 1. The van der Waals surface area contributed by atoms with Gasteiger partial charge in [-0.2, -0.15) is 0 Å². The van der Waals surface area contributed by atoms with Gasteiger partial charge in [-0.15, -0.1) is 0 Å². The van der Waals surface area contributed by atoms with E-state index in [1.54, 1.807) is 11.0 Å². The Hall–Kier alpha value is -2.71. The molecule has 9 nitrogen and oxygen atoms in total. The van der Waals surface area contributed by atoms with Gasteiger partial charge in [-0.05, 0) is 30.5 Å². The van der Waals surface area contributed by atoms with Gasteiger partial charge in [0.15, 0.2) is 5.82 Å². The molecule has 2 aromatic rings. The van der Waals surface area contributed by atoms with Crippen molar-refractivity contribution < 1.29 is 9.42 Å². The Morgan fingerprint density at radius 3 is 2.56 bits per heavy atom. The SMILES string of the molecule is Cc1nonc1N1CCN(C(=O)c2cc(CC(C)C)nc(N)n2)CC1. The first-order valence-corrected chi connectivity index (χ1v) is 8.41. The predicted molar refractivity (Wildman–Crippen MR) is 92.1 cm³/mol. The van der Waals surface area contributed by atoms with Gasteiger partial charge >= 0.3 is 0 Å². The van der Waals surface area contributed by atoms with Gasteiger partial charge in [0, 0.05) is 31.9 Å². The third-order valence-electron chi connectivity index (χ3n) is 4.13. The van der Waals surface area contributed by atoms with E-state index in [2.05, 4.69) is 39.0 Å². The minimum atomic E-state index is -0.117. The lowest BCUT2D eigenvalue weighted by Gasteiger charge is -2.34. The number of amides is 1. The summed E-state index contributed by atoms with van der Waals surface area (Å²) in [4.78, 5) is 24.9. The van der Waals surface area contributed by atoms with E-state index in [1.165, 1.54) is 0 Å². The quantitative estimate of drug-likeness (QED) is 0.869. The van der Waals surface area contributed by atoms with Crippen molar-refractivity contribution in [2.75, 3.05) is 36.8 Å². The van der Waals surface area contributed by atoms with Crippen LogP contribution in [0.25, 0.3) is 0 Å². The molecule has 3 heterocycles. The zero-order chi connectivity index (χ0) is 18.0. The van der Waals surface area contributed by atoms with Crippen LogP contribution < -0.4 is 10.6 Å². The van der Waals surface area contributed by atoms with Crippen LogP contribution in [0.2, 0.25) is 0 Å². The summed E-state index contributed by atoms with van der Waals surface area (Å²) in [6.45, 7) is 8.53. The first kappa shape index (κ1) is 17.1. The lowest BCUT2D eigenvalue weighted by atomic mass is 10.1. The maximum absolute atomic E-state index is 12.8. The molecule has 0 saturated carbocycles. The fourth-order valence-electron chi connectivity index (χ4n) is 2.95. The molecular weight excluding hydrogens is 322 g/mol. The number of carbonyl (C=O) groups excluding carboxylic acids is 1. The van der Waals surface area contributed by atoms with E-state index >= 15 is 0 Å². The van der Waals surface area contributed by atoms with Crippen molar-refractivity contribution in [2.45, 2.75) is 27.2 Å². The van der Waals surface area contributed by atoms with Gasteiger partial charge in [-0.25, -0.2) is 14.6 Å². The molecule has 2 aromatic heterocycles. The van der Waals surface area contributed by atoms with E-state index in [0.717, 1.165) is 23.6 Å². The van der Waals surface area contributed by atoms with Crippen LogP contribution in [0.3, 0.4) is 0 Å². The molecule has 1 aliphatic rings. The molecule has 1 aliphatic heterocycles. The molecule has 0 unspecified atom stereocenters. The zero-order valence-electron chi connectivity index (χ0n) is 14.8. The molecule has 2 N–H and O–H groups in total. The minimum absolute atomic E-state index is 0.117. The molecule has 0 spiro atoms. The van der Waals surface area contributed by atoms with Gasteiger partial charge in [0.1, 0.15) is 11.4 Å². The van der Waals surface area contributed by atoms with Crippen LogP contribution in [0.15, 0.2) is 10.7 Å². The van der Waals surface area contributed by atoms with Crippen molar-refractivity contribution in [3.63, 3.8) is 0 Å². The molecule has 3 rings (SSSR count). The highest BCUT2D eigenvalue weighted by Crippen LogP contribution is 2.18. The molecule has 9 heteroatoms. The van der Waals surface area contributed by atoms with E-state index < -0.39 is 0 Å². The Balaban J connectivity index is 1.68. The third kappa shape index (κ3) is 3.86.